The van der Waals surface area contributed by atoms with E-state index in [-0.39, 0.29) is 28.5 Å². The molecule has 18 heteroatoms. The second-order valence-electron chi connectivity index (χ2n) is 37.0. The Bertz CT molecular complexity index is 6420. The molecular weight excluding hydrogens is 1610 g/mol. The predicted molar refractivity (Wildman–Crippen MR) is 520 cm³/mol. The highest BCUT2D eigenvalue weighted by atomic mass is 35.5. The summed E-state index contributed by atoms with van der Waals surface area (Å²) in [6, 6.07) is 77.1. The maximum absolute atomic E-state index is 11.8. The van der Waals surface area contributed by atoms with Gasteiger partial charge in [0, 0.05) is 241 Å². The van der Waals surface area contributed by atoms with Crippen LogP contribution in [0.5, 0.6) is 0 Å². The van der Waals surface area contributed by atoms with E-state index in [1.54, 1.807) is 12.1 Å². The van der Waals surface area contributed by atoms with Crippen molar-refractivity contribution in [3.8, 4) is 0 Å². The quantitative estimate of drug-likeness (QED) is 0.0696. The van der Waals surface area contributed by atoms with Crippen LogP contribution < -0.4 is 0 Å². The van der Waals surface area contributed by atoms with E-state index >= 15 is 0 Å². The first-order valence-corrected chi connectivity index (χ1v) is 45.7. The van der Waals surface area contributed by atoms with Crippen LogP contribution >= 0.6 is 11.6 Å². The number of hydrogen-bond donors (Lipinski definition) is 3. The van der Waals surface area contributed by atoms with Crippen LogP contribution in [0.1, 0.15) is 176 Å². The molecule has 0 aliphatic carbocycles. The summed E-state index contributed by atoms with van der Waals surface area (Å²) >= 11 is 6.25. The fraction of sp³-hybridized carbons (Fsp3) is 0.327. The van der Waals surface area contributed by atoms with E-state index in [0.717, 1.165) is 152 Å². The minimum Gasteiger partial charge on any atom is -0.388 e. The lowest BCUT2D eigenvalue weighted by molar-refractivity contribution is 0.0898. The van der Waals surface area contributed by atoms with Crippen molar-refractivity contribution in [1.29, 1.82) is 0 Å². The number of halogens is 1. The van der Waals surface area contributed by atoms with Crippen molar-refractivity contribution in [2.75, 3.05) is 87.8 Å². The van der Waals surface area contributed by atoms with E-state index < -0.39 is 19.8 Å². The van der Waals surface area contributed by atoms with Gasteiger partial charge in [0.2, 0.25) is 0 Å². The van der Waals surface area contributed by atoms with E-state index in [1.165, 1.54) is 144 Å². The number of aromatic nitrogens is 5. The van der Waals surface area contributed by atoms with E-state index in [4.69, 9.17) is 26.9 Å². The lowest BCUT2D eigenvalue weighted by Crippen LogP contribution is -2.27. The number of fused-ring (bicyclic) bond motifs is 15. The summed E-state index contributed by atoms with van der Waals surface area (Å²) in [7, 11) is 10.9. The van der Waals surface area contributed by atoms with Crippen LogP contribution in [0, 0.1) is 13.8 Å². The second-order valence-corrected chi connectivity index (χ2v) is 37.4. The Balaban J connectivity index is 0.000000118. The molecule has 660 valence electrons. The van der Waals surface area contributed by atoms with Crippen LogP contribution in [-0.4, -0.2) is 174 Å². The highest BCUT2D eigenvalue weighted by molar-refractivity contribution is 6.31. The van der Waals surface area contributed by atoms with E-state index in [1.807, 2.05) is 85.8 Å². The van der Waals surface area contributed by atoms with Gasteiger partial charge in [-0.2, -0.15) is 0 Å². The minimum atomic E-state index is -0.455. The van der Waals surface area contributed by atoms with Crippen molar-refractivity contribution in [2.45, 2.75) is 151 Å². The number of aliphatic hydroxyl groups excluding tert-OH is 3. The summed E-state index contributed by atoms with van der Waals surface area (Å²) < 4.78 is 12.2. The van der Waals surface area contributed by atoms with Crippen molar-refractivity contribution < 1.29 is 34.5 Å². The maximum atomic E-state index is 11.8. The van der Waals surface area contributed by atoms with Gasteiger partial charge >= 0.3 is 0 Å². The molecule has 17 nitrogen and oxygen atoms in total. The van der Waals surface area contributed by atoms with Crippen molar-refractivity contribution >= 4 is 89.2 Å². The summed E-state index contributed by atoms with van der Waals surface area (Å²) in [5.41, 5.74) is 33.6. The molecule has 10 heterocycles. The zero-order chi connectivity index (χ0) is 89.8. The molecule has 0 atom stereocenters. The van der Waals surface area contributed by atoms with Crippen LogP contribution in [0.2, 0.25) is 5.02 Å². The second kappa shape index (κ2) is 39.2. The van der Waals surface area contributed by atoms with Crippen molar-refractivity contribution in [2.24, 2.45) is 0 Å². The molecule has 0 fully saturated rings. The van der Waals surface area contributed by atoms with Gasteiger partial charge in [0.1, 0.15) is 19.8 Å². The number of likely N-dealkylation sites (N-methyl/N-ethyl adjacent to an activating group) is 5. The average Bonchev–Trinajstić information content (AvgIpc) is 1.66. The van der Waals surface area contributed by atoms with Crippen LogP contribution in [0.3, 0.4) is 0 Å². The van der Waals surface area contributed by atoms with Gasteiger partial charge in [0.15, 0.2) is 23.1 Å². The third-order valence-electron chi connectivity index (χ3n) is 26.7. The molecule has 0 amide bonds. The van der Waals surface area contributed by atoms with Gasteiger partial charge in [-0.3, -0.25) is 19.2 Å². The highest BCUT2D eigenvalue weighted by Crippen LogP contribution is 2.40. The molecule has 5 aliphatic heterocycles. The molecule has 0 saturated carbocycles. The van der Waals surface area contributed by atoms with E-state index in [9.17, 15) is 19.2 Å². The largest absolute Gasteiger partial charge is 0.388 e. The van der Waals surface area contributed by atoms with Gasteiger partial charge in [-0.05, 0) is 177 Å². The van der Waals surface area contributed by atoms with Crippen molar-refractivity contribution in [1.82, 2.24) is 47.3 Å². The molecule has 0 spiro atoms. The maximum Gasteiger partial charge on any atom is 0.188 e. The third kappa shape index (κ3) is 19.6. The molecule has 3 N–H and O–H groups in total. The SMILES string of the molecule is CCC(=O)c1ccc(Cn2c3c(c4ccccc42)CCN(C)C3)cc1.CN1CCc2c(c3cc(C(C)(C)C)ccc3n2Cc2ccc(C(=O)CO)cc2)C1.CN1CCc2c(c3cc(Cl)ccc3n2Cc2ccc(C(=O)CO)cc2)C1.Cc1ccc(Cn2c3c(c4ccccc42)CN(C)CC3)cc1.Cc1ccc2c(c1)c1c(n2Cc2ccc(C(=O)CO)cc2)CCN(C)C1. The number of para-hydroxylation sites is 2. The standard InChI is InChI=1S/C25H30N2O2.C22H24N2O2.C22H24N2O.C21H21ClN2O2.C20H22N2/c1-25(2,3)19-9-10-22-20(13-19)21-15-26(4)12-11-23(21)27(22)14-17-5-7-18(8-6-17)24(29)16-28;1-15-3-8-20-18(11-15)19-13-23(2)10-9-21(19)24(20)12-16-4-6-17(7-5-16)22(26)14-25;1-3-22(25)17-10-8-16(9-11-17)14-24-20-7-5-4-6-18(20)19-12-13-23(2)15-21(19)24;1-23-9-8-20-18(12-23)17-10-16(22)6-7-19(17)24(20)11-14-2-4-15(5-3-14)21(26)13-25;1-15-7-9-16(10-8-15)13-22-19-6-4-3-5-17(19)18-14-21(2)12-11-20(18)22/h5-10,13,28H,11-12,14-16H2,1-4H3;3-8,11,25H,9-10,12-14H2,1-2H3;4-11H,3,12-15H2,1-2H3;2-7,10,25H,8-9,11-13H2,1H3;3-10H,11-14H2,1-2H3. The summed E-state index contributed by atoms with van der Waals surface area (Å²) in [5, 5.41) is 34.6. The zero-order valence-electron chi connectivity index (χ0n) is 76.2. The Morgan fingerprint density at radius 2 is 0.609 bits per heavy atom. The average molecular weight is 1730 g/mol. The molecule has 5 aromatic heterocycles. The lowest BCUT2D eigenvalue weighted by Gasteiger charge is -2.24. The Kier molecular flexibility index (Phi) is 27.6. The number of aliphatic hydroxyl groups is 3. The van der Waals surface area contributed by atoms with Gasteiger partial charge in [-0.25, -0.2) is 0 Å². The molecule has 0 bridgehead atoms. The smallest absolute Gasteiger partial charge is 0.188 e. The van der Waals surface area contributed by atoms with Crippen molar-refractivity contribution in [3.63, 3.8) is 0 Å². The van der Waals surface area contributed by atoms with E-state index in [2.05, 4.69) is 251 Å². The lowest BCUT2D eigenvalue weighted by atomic mass is 9.86. The summed E-state index contributed by atoms with van der Waals surface area (Å²) in [5.74, 6) is -0.521. The first-order valence-electron chi connectivity index (χ1n) is 45.3. The van der Waals surface area contributed by atoms with Gasteiger partial charge < -0.3 is 62.7 Å². The van der Waals surface area contributed by atoms with Crippen LogP contribution in [0.15, 0.2) is 224 Å². The predicted octanol–water partition coefficient (Wildman–Crippen LogP) is 19.1. The Morgan fingerprint density at radius 3 is 0.992 bits per heavy atom. The Morgan fingerprint density at radius 1 is 0.312 bits per heavy atom. The number of Topliss-reactive ketones (excluding diaryl/α,β-unsaturated/α-hetero) is 4. The first kappa shape index (κ1) is 89.9. The normalized spacial score (nSPS) is 14.8. The summed E-state index contributed by atoms with van der Waals surface area (Å²) in [6.07, 6.45) is 5.93. The van der Waals surface area contributed by atoms with Crippen LogP contribution in [0.25, 0.3) is 54.5 Å². The van der Waals surface area contributed by atoms with Gasteiger partial charge in [-0.1, -0.05) is 220 Å². The number of hydrogen-bond acceptors (Lipinski definition) is 12. The number of aryl methyl sites for hydroxylation is 2. The molecule has 0 unspecified atom stereocenters. The number of nitrogens with zero attached hydrogens (tertiary/aromatic N) is 10. The number of benzene rings is 10. The van der Waals surface area contributed by atoms with Crippen molar-refractivity contribution in [3.05, 3.63) is 353 Å². The Labute approximate surface area is 757 Å². The molecule has 10 aromatic carbocycles. The van der Waals surface area contributed by atoms with Gasteiger partial charge in [-0.15, -0.1) is 0 Å². The molecule has 128 heavy (non-hydrogen) atoms. The Hall–Kier alpha value is -11.5. The van der Waals surface area contributed by atoms with Gasteiger partial charge in [0.05, 0.1) is 0 Å². The third-order valence-corrected chi connectivity index (χ3v) is 26.9. The molecule has 15 aromatic rings. The summed E-state index contributed by atoms with van der Waals surface area (Å²) in [6.45, 7) is 26.2. The molecular formula is C110H121ClN10O7. The topological polar surface area (TPSA) is 170 Å². The molecule has 20 rings (SSSR count). The van der Waals surface area contributed by atoms with Gasteiger partial charge in [0.25, 0.3) is 0 Å². The molecule has 0 radical (unpaired) electrons. The number of carbonyl (C=O) groups excluding carboxylic acids is 4. The summed E-state index contributed by atoms with van der Waals surface area (Å²) in [4.78, 5) is 58.7. The minimum absolute atomic E-state index is 0.124. The van der Waals surface area contributed by atoms with Crippen LogP contribution in [-0.2, 0) is 103 Å². The first-order chi connectivity index (χ1) is 61.8. The van der Waals surface area contributed by atoms with Crippen LogP contribution in [0.4, 0.5) is 0 Å². The highest BCUT2D eigenvalue weighted by Gasteiger charge is 2.30. The number of rotatable bonds is 18. The molecule has 5 aliphatic rings. The van der Waals surface area contributed by atoms with E-state index in [0.29, 0.717) is 23.1 Å². The number of carbonyl (C=O) groups is 4. The zero-order valence-corrected chi connectivity index (χ0v) is 76.9. The fourth-order valence-corrected chi connectivity index (χ4v) is 19.7. The monoisotopic (exact) mass is 1730 g/mol. The fourth-order valence-electron chi connectivity index (χ4n) is 19.5. The molecule has 0 saturated heterocycles. The number of ketones is 4.